The predicted octanol–water partition coefficient (Wildman–Crippen LogP) is 0.960. The highest BCUT2D eigenvalue weighted by molar-refractivity contribution is 7.89. The fourth-order valence-electron chi connectivity index (χ4n) is 1.16. The summed E-state index contributed by atoms with van der Waals surface area (Å²) in [6.45, 7) is 0.335. The highest BCUT2D eigenvalue weighted by Crippen LogP contribution is 2.12. The average molecular weight is 238 g/mol. The first kappa shape index (κ1) is 12.6. The third kappa shape index (κ3) is 3.57. The molecule has 0 aliphatic carbocycles. The Morgan fingerprint density at radius 3 is 2.81 bits per heavy atom. The van der Waals surface area contributed by atoms with Crippen molar-refractivity contribution >= 4 is 15.7 Å². The molecule has 0 aromatic heterocycles. The second kappa shape index (κ2) is 5.54. The lowest BCUT2D eigenvalue weighted by Crippen LogP contribution is -2.24. The Balaban J connectivity index is 2.68. The fourth-order valence-corrected chi connectivity index (χ4v) is 2.29. The summed E-state index contributed by atoms with van der Waals surface area (Å²) in [5.41, 5.74) is 5.94. The van der Waals surface area contributed by atoms with Gasteiger partial charge < -0.3 is 5.73 Å². The molecule has 0 atom stereocenters. The van der Waals surface area contributed by atoms with E-state index in [0.717, 1.165) is 0 Å². The van der Waals surface area contributed by atoms with Crippen LogP contribution in [0.25, 0.3) is 0 Å². The van der Waals surface area contributed by atoms with E-state index in [4.69, 9.17) is 12.2 Å². The standard InChI is InChI=1S/C11H14N2O2S/c1-2-3-4-8-13-16(14,15)11-7-5-6-10(12)9-11/h1,5-7,9,13H,3-4,8,12H2. The summed E-state index contributed by atoms with van der Waals surface area (Å²) in [6.07, 6.45) is 6.24. The van der Waals surface area contributed by atoms with Crippen LogP contribution in [0.2, 0.25) is 0 Å². The minimum atomic E-state index is -3.46. The van der Waals surface area contributed by atoms with Crippen LogP contribution in [0.5, 0.6) is 0 Å². The molecule has 0 aliphatic heterocycles. The molecule has 16 heavy (non-hydrogen) atoms. The van der Waals surface area contributed by atoms with Gasteiger partial charge in [-0.2, -0.15) is 0 Å². The molecule has 0 unspecified atom stereocenters. The zero-order valence-corrected chi connectivity index (χ0v) is 9.63. The van der Waals surface area contributed by atoms with Crippen molar-refractivity contribution in [2.24, 2.45) is 0 Å². The third-order valence-electron chi connectivity index (χ3n) is 1.96. The highest BCUT2D eigenvalue weighted by atomic mass is 32.2. The Kier molecular flexibility index (Phi) is 4.35. The predicted molar refractivity (Wildman–Crippen MR) is 64.1 cm³/mol. The van der Waals surface area contributed by atoms with Gasteiger partial charge in [0.25, 0.3) is 0 Å². The summed E-state index contributed by atoms with van der Waals surface area (Å²) in [4.78, 5) is 0.174. The maximum absolute atomic E-state index is 11.7. The maximum atomic E-state index is 11.7. The molecule has 0 saturated heterocycles. The number of nitrogens with two attached hydrogens (primary N) is 1. The van der Waals surface area contributed by atoms with Crippen molar-refractivity contribution < 1.29 is 8.42 Å². The first-order valence-corrected chi connectivity index (χ1v) is 6.33. The number of hydrogen-bond donors (Lipinski definition) is 2. The van der Waals surface area contributed by atoms with Crippen LogP contribution in [0.1, 0.15) is 12.8 Å². The van der Waals surface area contributed by atoms with E-state index in [0.29, 0.717) is 25.1 Å². The van der Waals surface area contributed by atoms with E-state index in [2.05, 4.69) is 10.6 Å². The molecule has 4 nitrogen and oxygen atoms in total. The SMILES string of the molecule is C#CCCCNS(=O)(=O)c1cccc(N)c1. The van der Waals surface area contributed by atoms with Crippen LogP contribution in [-0.4, -0.2) is 15.0 Å². The molecular weight excluding hydrogens is 224 g/mol. The van der Waals surface area contributed by atoms with Crippen molar-refractivity contribution in [1.29, 1.82) is 0 Å². The molecule has 0 fully saturated rings. The van der Waals surface area contributed by atoms with Gasteiger partial charge in [0.2, 0.25) is 10.0 Å². The normalized spacial score (nSPS) is 10.9. The summed E-state index contributed by atoms with van der Waals surface area (Å²) in [5, 5.41) is 0. The van der Waals surface area contributed by atoms with E-state index in [1.807, 2.05) is 0 Å². The van der Waals surface area contributed by atoms with E-state index >= 15 is 0 Å². The van der Waals surface area contributed by atoms with Crippen molar-refractivity contribution in [3.8, 4) is 12.3 Å². The second-order valence-electron chi connectivity index (χ2n) is 3.28. The van der Waals surface area contributed by atoms with Crippen molar-refractivity contribution in [1.82, 2.24) is 4.72 Å². The summed E-state index contributed by atoms with van der Waals surface area (Å²) in [7, 11) is -3.46. The van der Waals surface area contributed by atoms with Crippen molar-refractivity contribution in [2.75, 3.05) is 12.3 Å². The number of benzene rings is 1. The fraction of sp³-hybridized carbons (Fsp3) is 0.273. The first-order valence-electron chi connectivity index (χ1n) is 4.85. The quantitative estimate of drug-likeness (QED) is 0.456. The number of anilines is 1. The Morgan fingerprint density at radius 2 is 2.19 bits per heavy atom. The third-order valence-corrected chi connectivity index (χ3v) is 3.42. The number of sulfonamides is 1. The largest absolute Gasteiger partial charge is 0.399 e. The van der Waals surface area contributed by atoms with Gasteiger partial charge in [-0.05, 0) is 24.6 Å². The van der Waals surface area contributed by atoms with Crippen LogP contribution in [0.15, 0.2) is 29.2 Å². The number of nitrogens with one attached hydrogen (secondary N) is 1. The molecule has 86 valence electrons. The molecule has 0 radical (unpaired) electrons. The van der Waals surface area contributed by atoms with Crippen LogP contribution in [0, 0.1) is 12.3 Å². The molecule has 0 bridgehead atoms. The van der Waals surface area contributed by atoms with Gasteiger partial charge in [0.15, 0.2) is 0 Å². The van der Waals surface area contributed by atoms with Crippen LogP contribution in [0.4, 0.5) is 5.69 Å². The zero-order valence-electron chi connectivity index (χ0n) is 8.81. The van der Waals surface area contributed by atoms with E-state index in [1.165, 1.54) is 12.1 Å². The molecule has 5 heteroatoms. The van der Waals surface area contributed by atoms with Crippen LogP contribution in [-0.2, 0) is 10.0 Å². The smallest absolute Gasteiger partial charge is 0.240 e. The Morgan fingerprint density at radius 1 is 1.44 bits per heavy atom. The van der Waals surface area contributed by atoms with Gasteiger partial charge in [-0.25, -0.2) is 13.1 Å². The lowest BCUT2D eigenvalue weighted by molar-refractivity contribution is 0.579. The van der Waals surface area contributed by atoms with Gasteiger partial charge >= 0.3 is 0 Å². The molecule has 1 aromatic rings. The van der Waals surface area contributed by atoms with Gasteiger partial charge in [0.1, 0.15) is 0 Å². The van der Waals surface area contributed by atoms with Gasteiger partial charge in [-0.15, -0.1) is 12.3 Å². The lowest BCUT2D eigenvalue weighted by atomic mass is 10.3. The summed E-state index contributed by atoms with van der Waals surface area (Å²) < 4.78 is 25.9. The molecule has 1 rings (SSSR count). The molecular formula is C11H14N2O2S. The Bertz CT molecular complexity index is 489. The monoisotopic (exact) mass is 238 g/mol. The number of terminal acetylenes is 1. The van der Waals surface area contributed by atoms with Crippen molar-refractivity contribution in [3.05, 3.63) is 24.3 Å². The van der Waals surface area contributed by atoms with Crippen molar-refractivity contribution in [3.63, 3.8) is 0 Å². The van der Waals surface area contributed by atoms with Crippen LogP contribution in [0.3, 0.4) is 0 Å². The van der Waals surface area contributed by atoms with Crippen molar-refractivity contribution in [2.45, 2.75) is 17.7 Å². The van der Waals surface area contributed by atoms with Gasteiger partial charge in [-0.1, -0.05) is 6.07 Å². The molecule has 1 aromatic carbocycles. The Hall–Kier alpha value is -1.51. The average Bonchev–Trinajstić information content (AvgIpc) is 2.24. The molecule has 0 spiro atoms. The molecule has 0 aliphatic rings. The molecule has 0 heterocycles. The van der Waals surface area contributed by atoms with Crippen LogP contribution >= 0.6 is 0 Å². The summed E-state index contributed by atoms with van der Waals surface area (Å²) in [6, 6.07) is 6.16. The van der Waals surface area contributed by atoms with Crippen LogP contribution < -0.4 is 10.5 Å². The molecule has 3 N–H and O–H groups in total. The minimum Gasteiger partial charge on any atom is -0.399 e. The summed E-state index contributed by atoms with van der Waals surface area (Å²) >= 11 is 0. The second-order valence-corrected chi connectivity index (χ2v) is 5.04. The minimum absolute atomic E-state index is 0.174. The highest BCUT2D eigenvalue weighted by Gasteiger charge is 2.12. The number of nitrogen functional groups attached to an aromatic ring is 1. The molecule has 0 amide bonds. The molecule has 0 saturated carbocycles. The lowest BCUT2D eigenvalue weighted by Gasteiger charge is -2.06. The van der Waals surface area contributed by atoms with Gasteiger partial charge in [0.05, 0.1) is 4.90 Å². The Labute approximate surface area is 95.9 Å². The first-order chi connectivity index (χ1) is 7.56. The number of rotatable bonds is 5. The van der Waals surface area contributed by atoms with E-state index in [-0.39, 0.29) is 4.90 Å². The topological polar surface area (TPSA) is 72.2 Å². The van der Waals surface area contributed by atoms with E-state index in [1.54, 1.807) is 12.1 Å². The number of unbranched alkanes of at least 4 members (excludes halogenated alkanes) is 1. The summed E-state index contributed by atoms with van der Waals surface area (Å²) in [5.74, 6) is 2.45. The number of hydrogen-bond acceptors (Lipinski definition) is 3. The maximum Gasteiger partial charge on any atom is 0.240 e. The van der Waals surface area contributed by atoms with Gasteiger partial charge in [0, 0.05) is 18.7 Å². The zero-order chi connectivity index (χ0) is 12.0. The van der Waals surface area contributed by atoms with E-state index in [9.17, 15) is 8.42 Å². The van der Waals surface area contributed by atoms with E-state index < -0.39 is 10.0 Å². The van der Waals surface area contributed by atoms with Gasteiger partial charge in [-0.3, -0.25) is 0 Å².